The molecule has 0 atom stereocenters. The number of nitrogens with zero attached hydrogens (tertiary/aromatic N) is 3. The van der Waals surface area contributed by atoms with E-state index in [0.717, 1.165) is 5.56 Å². The number of hydrogen-bond acceptors (Lipinski definition) is 3. The van der Waals surface area contributed by atoms with Crippen molar-refractivity contribution < 1.29 is 4.39 Å². The van der Waals surface area contributed by atoms with Crippen LogP contribution in [0.3, 0.4) is 0 Å². The quantitative estimate of drug-likeness (QED) is 0.798. The lowest BCUT2D eigenvalue weighted by molar-refractivity contribution is 0.607. The highest BCUT2D eigenvalue weighted by atomic mass is 35.5. The van der Waals surface area contributed by atoms with Crippen LogP contribution < -0.4 is 4.90 Å². The highest BCUT2D eigenvalue weighted by Gasteiger charge is 2.10. The maximum Gasteiger partial charge on any atom is 0.224 e. The molecule has 3 nitrogen and oxygen atoms in total. The van der Waals surface area contributed by atoms with Crippen molar-refractivity contribution in [3.05, 3.63) is 52.7 Å². The Morgan fingerprint density at radius 2 is 2.06 bits per heavy atom. The van der Waals surface area contributed by atoms with Crippen LogP contribution in [0.5, 0.6) is 0 Å². The standard InChI is InChI=1S/C13H13ClFN3/c1-9-7-16-13(14)17-12(9)18(2)8-10-5-3-4-6-11(10)15/h3-7H,8H2,1-2H3. The van der Waals surface area contributed by atoms with Gasteiger partial charge in [0.1, 0.15) is 11.6 Å². The fourth-order valence-corrected chi connectivity index (χ4v) is 1.88. The summed E-state index contributed by atoms with van der Waals surface area (Å²) >= 11 is 5.77. The van der Waals surface area contributed by atoms with E-state index < -0.39 is 0 Å². The summed E-state index contributed by atoms with van der Waals surface area (Å²) in [7, 11) is 1.85. The molecule has 0 saturated carbocycles. The van der Waals surface area contributed by atoms with Gasteiger partial charge in [0.25, 0.3) is 0 Å². The Labute approximate surface area is 110 Å². The summed E-state index contributed by atoms with van der Waals surface area (Å²) in [4.78, 5) is 9.90. The summed E-state index contributed by atoms with van der Waals surface area (Å²) < 4.78 is 13.6. The molecule has 0 spiro atoms. The Balaban J connectivity index is 2.25. The van der Waals surface area contributed by atoms with Gasteiger partial charge in [0.05, 0.1) is 0 Å². The average Bonchev–Trinajstić information content (AvgIpc) is 2.35. The predicted molar refractivity (Wildman–Crippen MR) is 70.3 cm³/mol. The van der Waals surface area contributed by atoms with Gasteiger partial charge in [0.15, 0.2) is 0 Å². The number of anilines is 1. The largest absolute Gasteiger partial charge is 0.355 e. The zero-order chi connectivity index (χ0) is 13.1. The van der Waals surface area contributed by atoms with E-state index in [-0.39, 0.29) is 11.1 Å². The molecule has 0 amide bonds. The minimum atomic E-state index is -0.220. The van der Waals surface area contributed by atoms with E-state index >= 15 is 0 Å². The van der Waals surface area contributed by atoms with E-state index in [1.165, 1.54) is 6.07 Å². The molecule has 0 aliphatic rings. The highest BCUT2D eigenvalue weighted by Crippen LogP contribution is 2.19. The van der Waals surface area contributed by atoms with Gasteiger partial charge >= 0.3 is 0 Å². The van der Waals surface area contributed by atoms with Gasteiger partial charge in [0, 0.05) is 30.9 Å². The molecule has 0 bridgehead atoms. The van der Waals surface area contributed by atoms with Crippen molar-refractivity contribution in [2.24, 2.45) is 0 Å². The van der Waals surface area contributed by atoms with Crippen molar-refractivity contribution in [1.29, 1.82) is 0 Å². The number of hydrogen-bond donors (Lipinski definition) is 0. The van der Waals surface area contributed by atoms with Crippen LogP contribution in [0.2, 0.25) is 5.28 Å². The molecule has 18 heavy (non-hydrogen) atoms. The lowest BCUT2D eigenvalue weighted by atomic mass is 10.2. The number of aromatic nitrogens is 2. The zero-order valence-electron chi connectivity index (χ0n) is 10.2. The second-order valence-corrected chi connectivity index (χ2v) is 4.43. The maximum atomic E-state index is 13.6. The highest BCUT2D eigenvalue weighted by molar-refractivity contribution is 6.28. The van der Waals surface area contributed by atoms with E-state index in [1.807, 2.05) is 24.9 Å². The van der Waals surface area contributed by atoms with Crippen molar-refractivity contribution in [2.45, 2.75) is 13.5 Å². The third kappa shape index (κ3) is 2.76. The third-order valence-electron chi connectivity index (χ3n) is 2.64. The van der Waals surface area contributed by atoms with E-state index in [4.69, 9.17) is 11.6 Å². The molecule has 5 heteroatoms. The number of rotatable bonds is 3. The molecule has 0 saturated heterocycles. The molecule has 0 aliphatic heterocycles. The fraction of sp³-hybridized carbons (Fsp3) is 0.231. The second-order valence-electron chi connectivity index (χ2n) is 4.09. The van der Waals surface area contributed by atoms with Crippen molar-refractivity contribution in [1.82, 2.24) is 9.97 Å². The minimum absolute atomic E-state index is 0.191. The molecule has 0 unspecified atom stereocenters. The lowest BCUT2D eigenvalue weighted by Gasteiger charge is -2.20. The third-order valence-corrected chi connectivity index (χ3v) is 2.82. The van der Waals surface area contributed by atoms with Gasteiger partial charge in [-0.2, -0.15) is 0 Å². The van der Waals surface area contributed by atoms with Crippen molar-refractivity contribution >= 4 is 17.4 Å². The van der Waals surface area contributed by atoms with Crippen LogP contribution in [-0.2, 0) is 6.54 Å². The molecule has 2 aromatic rings. The first kappa shape index (κ1) is 12.8. The second kappa shape index (κ2) is 5.31. The van der Waals surface area contributed by atoms with Gasteiger partial charge in [-0.1, -0.05) is 18.2 Å². The van der Waals surface area contributed by atoms with Crippen molar-refractivity contribution in [2.75, 3.05) is 11.9 Å². The topological polar surface area (TPSA) is 29.0 Å². The van der Waals surface area contributed by atoms with Crippen LogP contribution in [-0.4, -0.2) is 17.0 Å². The first-order chi connectivity index (χ1) is 8.58. The molecule has 0 aliphatic carbocycles. The first-order valence-electron chi connectivity index (χ1n) is 5.51. The van der Waals surface area contributed by atoms with Crippen LogP contribution in [0.1, 0.15) is 11.1 Å². The fourth-order valence-electron chi connectivity index (χ4n) is 1.76. The van der Waals surface area contributed by atoms with E-state index in [0.29, 0.717) is 17.9 Å². The molecule has 1 aromatic heterocycles. The zero-order valence-corrected chi connectivity index (χ0v) is 10.9. The maximum absolute atomic E-state index is 13.6. The molecule has 94 valence electrons. The smallest absolute Gasteiger partial charge is 0.224 e. The molecule has 0 fully saturated rings. The molecular weight excluding hydrogens is 253 g/mol. The summed E-state index contributed by atoms with van der Waals surface area (Å²) in [6.45, 7) is 2.32. The monoisotopic (exact) mass is 265 g/mol. The summed E-state index contributed by atoms with van der Waals surface area (Å²) in [5.41, 5.74) is 1.52. The Bertz CT molecular complexity index is 560. The van der Waals surface area contributed by atoms with Crippen LogP contribution in [0.15, 0.2) is 30.5 Å². The number of benzene rings is 1. The van der Waals surface area contributed by atoms with Gasteiger partial charge in [0.2, 0.25) is 5.28 Å². The molecule has 2 rings (SSSR count). The SMILES string of the molecule is Cc1cnc(Cl)nc1N(C)Cc1ccccc1F. The number of aryl methyl sites for hydroxylation is 1. The minimum Gasteiger partial charge on any atom is -0.355 e. The van der Waals surface area contributed by atoms with E-state index in [1.54, 1.807) is 18.3 Å². The molecule has 1 aromatic carbocycles. The molecule has 1 heterocycles. The lowest BCUT2D eigenvalue weighted by Crippen LogP contribution is -2.19. The van der Waals surface area contributed by atoms with E-state index in [9.17, 15) is 4.39 Å². The van der Waals surface area contributed by atoms with Gasteiger partial charge < -0.3 is 4.90 Å². The Hall–Kier alpha value is -1.68. The molecule has 0 N–H and O–H groups in total. The van der Waals surface area contributed by atoms with Gasteiger partial charge in [-0.25, -0.2) is 14.4 Å². The molecular formula is C13H13ClFN3. The average molecular weight is 266 g/mol. The Kier molecular flexibility index (Phi) is 3.77. The molecule has 0 radical (unpaired) electrons. The summed E-state index contributed by atoms with van der Waals surface area (Å²) in [5.74, 6) is 0.486. The van der Waals surface area contributed by atoms with Gasteiger partial charge in [-0.15, -0.1) is 0 Å². The van der Waals surface area contributed by atoms with Crippen LogP contribution in [0.25, 0.3) is 0 Å². The van der Waals surface area contributed by atoms with Gasteiger partial charge in [-0.05, 0) is 24.6 Å². The Morgan fingerprint density at radius 3 is 2.78 bits per heavy atom. The van der Waals surface area contributed by atoms with Gasteiger partial charge in [-0.3, -0.25) is 0 Å². The van der Waals surface area contributed by atoms with Crippen molar-refractivity contribution in [3.8, 4) is 0 Å². The van der Waals surface area contributed by atoms with Crippen LogP contribution in [0, 0.1) is 12.7 Å². The van der Waals surface area contributed by atoms with Crippen LogP contribution >= 0.6 is 11.6 Å². The predicted octanol–water partition coefficient (Wildman–Crippen LogP) is 3.21. The van der Waals surface area contributed by atoms with Crippen molar-refractivity contribution in [3.63, 3.8) is 0 Å². The first-order valence-corrected chi connectivity index (χ1v) is 5.89. The normalized spacial score (nSPS) is 10.4. The van der Waals surface area contributed by atoms with E-state index in [2.05, 4.69) is 9.97 Å². The summed E-state index contributed by atoms with van der Waals surface area (Å²) in [6.07, 6.45) is 1.66. The number of halogens is 2. The van der Waals surface area contributed by atoms with Crippen LogP contribution in [0.4, 0.5) is 10.2 Å². The summed E-state index contributed by atoms with van der Waals surface area (Å²) in [6, 6.07) is 6.69. The summed E-state index contributed by atoms with van der Waals surface area (Å²) in [5, 5.41) is 0.191. The Morgan fingerprint density at radius 1 is 1.33 bits per heavy atom.